The molecule has 10 nitrogen and oxygen atoms in total. The summed E-state index contributed by atoms with van der Waals surface area (Å²) < 4.78 is 13.9. The maximum atomic E-state index is 11.4. The van der Waals surface area contributed by atoms with E-state index in [9.17, 15) is 30.0 Å². The van der Waals surface area contributed by atoms with Crippen LogP contribution in [0.25, 0.3) is 11.1 Å². The van der Waals surface area contributed by atoms with E-state index in [1.165, 1.54) is 13.8 Å². The Morgan fingerprint density at radius 2 is 1.04 bits per heavy atom. The summed E-state index contributed by atoms with van der Waals surface area (Å²) in [7, 11) is 0. The SMILES string of the molecule is Cc1c(COc2ccc(CNC(C(=O)O)C(C)O)cc2Br)cccc1-c1cccc(COc2ccc(CNC(C(=O)O)C(C)O)cc2Br)c1C. The summed E-state index contributed by atoms with van der Waals surface area (Å²) >= 11 is 7.14. The fraction of sp³-hybridized carbons (Fsp3) is 0.316. The van der Waals surface area contributed by atoms with Crippen molar-refractivity contribution in [2.45, 2.75) is 78.3 Å². The molecule has 4 unspecified atom stereocenters. The Bertz CT molecular complexity index is 1680. The second-order valence-electron chi connectivity index (χ2n) is 12.2. The molecule has 0 spiro atoms. The van der Waals surface area contributed by atoms with Crippen molar-refractivity contribution >= 4 is 43.8 Å². The third-order valence-corrected chi connectivity index (χ3v) is 9.73. The second-order valence-corrected chi connectivity index (χ2v) is 13.9. The van der Waals surface area contributed by atoms with E-state index in [1.807, 2.05) is 60.7 Å². The maximum absolute atomic E-state index is 11.4. The van der Waals surface area contributed by atoms with E-state index in [4.69, 9.17) is 9.47 Å². The van der Waals surface area contributed by atoms with Gasteiger partial charge < -0.3 is 29.9 Å². The zero-order valence-electron chi connectivity index (χ0n) is 28.2. The van der Waals surface area contributed by atoms with Gasteiger partial charge in [0.25, 0.3) is 0 Å². The first-order valence-electron chi connectivity index (χ1n) is 16.0. The van der Waals surface area contributed by atoms with Crippen LogP contribution in [0.15, 0.2) is 81.7 Å². The average Bonchev–Trinajstić information content (AvgIpc) is 3.05. The Morgan fingerprint density at radius 3 is 1.36 bits per heavy atom. The molecule has 6 N–H and O–H groups in total. The molecule has 4 aromatic carbocycles. The van der Waals surface area contributed by atoms with E-state index in [2.05, 4.69) is 68.5 Å². The van der Waals surface area contributed by atoms with E-state index in [-0.39, 0.29) is 13.1 Å². The lowest BCUT2D eigenvalue weighted by molar-refractivity contribution is -0.143. The zero-order valence-corrected chi connectivity index (χ0v) is 31.4. The molecular formula is C38H42Br2N2O8. The summed E-state index contributed by atoms with van der Waals surface area (Å²) in [6, 6.07) is 21.3. The Kier molecular flexibility index (Phi) is 14.0. The van der Waals surface area contributed by atoms with Crippen LogP contribution in [0.2, 0.25) is 0 Å². The molecule has 0 aliphatic carbocycles. The van der Waals surface area contributed by atoms with Gasteiger partial charge >= 0.3 is 11.9 Å². The van der Waals surface area contributed by atoms with E-state index in [0.29, 0.717) is 24.7 Å². The minimum Gasteiger partial charge on any atom is -0.488 e. The number of halogens is 2. The summed E-state index contributed by atoms with van der Waals surface area (Å²) in [5.74, 6) is -0.916. The monoisotopic (exact) mass is 812 g/mol. The zero-order chi connectivity index (χ0) is 36.5. The molecule has 4 rings (SSSR count). The lowest BCUT2D eigenvalue weighted by Crippen LogP contribution is -2.44. The molecule has 0 aliphatic rings. The van der Waals surface area contributed by atoms with Gasteiger partial charge in [-0.25, -0.2) is 0 Å². The van der Waals surface area contributed by atoms with E-state index in [0.717, 1.165) is 53.5 Å². The summed E-state index contributed by atoms with van der Waals surface area (Å²) in [6.45, 7) is 8.27. The Morgan fingerprint density at radius 1 is 0.660 bits per heavy atom. The molecule has 0 amide bonds. The molecule has 0 aromatic heterocycles. The molecule has 0 radical (unpaired) electrons. The van der Waals surface area contributed by atoms with Crippen LogP contribution in [0.3, 0.4) is 0 Å². The van der Waals surface area contributed by atoms with Gasteiger partial charge in [-0.15, -0.1) is 0 Å². The predicted octanol–water partition coefficient (Wildman–Crippen LogP) is 6.50. The van der Waals surface area contributed by atoms with Crippen LogP contribution in [0.1, 0.15) is 47.2 Å². The van der Waals surface area contributed by atoms with Crippen molar-refractivity contribution in [3.05, 3.63) is 115 Å². The highest BCUT2D eigenvalue weighted by Gasteiger charge is 2.23. The molecule has 266 valence electrons. The number of aliphatic hydroxyl groups excluding tert-OH is 2. The quantitative estimate of drug-likeness (QED) is 0.0696. The summed E-state index contributed by atoms with van der Waals surface area (Å²) in [5, 5.41) is 43.8. The van der Waals surface area contributed by atoms with E-state index >= 15 is 0 Å². The molecule has 12 heteroatoms. The molecule has 0 saturated heterocycles. The van der Waals surface area contributed by atoms with Gasteiger partial charge in [-0.1, -0.05) is 48.5 Å². The van der Waals surface area contributed by atoms with Gasteiger partial charge in [0.2, 0.25) is 0 Å². The molecular weight excluding hydrogens is 772 g/mol. The van der Waals surface area contributed by atoms with Gasteiger partial charge in [-0.3, -0.25) is 20.2 Å². The number of carbonyl (C=O) groups is 2. The number of rotatable bonds is 17. The lowest BCUT2D eigenvalue weighted by Gasteiger charge is -2.18. The molecule has 4 aromatic rings. The van der Waals surface area contributed by atoms with E-state index < -0.39 is 36.2 Å². The number of hydrogen-bond acceptors (Lipinski definition) is 8. The molecule has 0 fully saturated rings. The average molecular weight is 815 g/mol. The Hall–Kier alpha value is -3.78. The van der Waals surface area contributed by atoms with Gasteiger partial charge in [0.1, 0.15) is 36.8 Å². The number of carboxylic acid groups (broad SMARTS) is 2. The molecule has 0 bridgehead atoms. The van der Waals surface area contributed by atoms with Crippen LogP contribution >= 0.6 is 31.9 Å². The van der Waals surface area contributed by atoms with Gasteiger partial charge in [0.05, 0.1) is 21.2 Å². The highest BCUT2D eigenvalue weighted by molar-refractivity contribution is 9.10. The topological polar surface area (TPSA) is 158 Å². The minimum atomic E-state index is -1.11. The van der Waals surface area contributed by atoms with Crippen LogP contribution < -0.4 is 20.1 Å². The summed E-state index contributed by atoms with van der Waals surface area (Å²) in [6.07, 6.45) is -2.06. The second kappa shape index (κ2) is 17.9. The molecule has 0 heterocycles. The van der Waals surface area contributed by atoms with Gasteiger partial charge in [0.15, 0.2) is 0 Å². The first-order chi connectivity index (χ1) is 23.8. The van der Waals surface area contributed by atoms with Crippen LogP contribution in [-0.4, -0.2) is 56.7 Å². The first kappa shape index (κ1) is 39.0. The van der Waals surface area contributed by atoms with Crippen LogP contribution in [-0.2, 0) is 35.9 Å². The molecule has 4 atom stereocenters. The largest absolute Gasteiger partial charge is 0.488 e. The fourth-order valence-corrected chi connectivity index (χ4v) is 6.58. The standard InChI is InChI=1S/C38H42Br2N2O8/c1-21-27(19-49-33-13-11-25(15-31(33)39)17-41-35(23(3)43)37(45)46)7-5-9-29(21)30-10-6-8-28(22(30)2)20-50-34-14-12-26(16-32(34)40)18-42-36(24(4)44)38(47)48/h5-16,23-24,35-36,41-44H,17-20H2,1-4H3,(H,45,46)(H,47,48). The maximum Gasteiger partial charge on any atom is 0.323 e. The summed E-state index contributed by atoms with van der Waals surface area (Å²) in [4.78, 5) is 22.7. The summed E-state index contributed by atoms with van der Waals surface area (Å²) in [5.41, 5.74) is 8.11. The van der Waals surface area contributed by atoms with Crippen LogP contribution in [0.5, 0.6) is 11.5 Å². The minimum absolute atomic E-state index is 0.273. The van der Waals surface area contributed by atoms with Crippen molar-refractivity contribution in [3.63, 3.8) is 0 Å². The molecule has 50 heavy (non-hydrogen) atoms. The van der Waals surface area contributed by atoms with Crippen molar-refractivity contribution in [3.8, 4) is 22.6 Å². The van der Waals surface area contributed by atoms with Gasteiger partial charge in [-0.05, 0) is 128 Å². The van der Waals surface area contributed by atoms with Crippen LogP contribution in [0, 0.1) is 13.8 Å². The number of nitrogens with one attached hydrogen (secondary N) is 2. The van der Waals surface area contributed by atoms with Gasteiger partial charge in [-0.2, -0.15) is 0 Å². The molecule has 0 aliphatic heterocycles. The van der Waals surface area contributed by atoms with Crippen molar-refractivity contribution in [2.75, 3.05) is 0 Å². The van der Waals surface area contributed by atoms with E-state index in [1.54, 1.807) is 0 Å². The highest BCUT2D eigenvalue weighted by Crippen LogP contribution is 2.33. The third kappa shape index (κ3) is 10.1. The number of aliphatic carboxylic acids is 2. The number of ether oxygens (including phenoxy) is 2. The first-order valence-corrected chi connectivity index (χ1v) is 17.6. The smallest absolute Gasteiger partial charge is 0.323 e. The third-order valence-electron chi connectivity index (χ3n) is 8.49. The Labute approximate surface area is 308 Å². The number of carboxylic acids is 2. The number of hydrogen-bond donors (Lipinski definition) is 6. The van der Waals surface area contributed by atoms with Crippen molar-refractivity contribution < 1.29 is 39.5 Å². The lowest BCUT2D eigenvalue weighted by atomic mass is 9.92. The van der Waals surface area contributed by atoms with Crippen molar-refractivity contribution in [1.82, 2.24) is 10.6 Å². The van der Waals surface area contributed by atoms with Crippen molar-refractivity contribution in [2.24, 2.45) is 0 Å². The molecule has 0 saturated carbocycles. The number of benzene rings is 4. The van der Waals surface area contributed by atoms with Crippen molar-refractivity contribution in [1.29, 1.82) is 0 Å². The predicted molar refractivity (Wildman–Crippen MR) is 198 cm³/mol. The van der Waals surface area contributed by atoms with Crippen LogP contribution in [0.4, 0.5) is 0 Å². The normalized spacial score (nSPS) is 13.7. The number of aliphatic hydroxyl groups is 2. The Balaban J connectivity index is 1.41. The fourth-order valence-electron chi connectivity index (χ4n) is 5.50. The highest BCUT2D eigenvalue weighted by atomic mass is 79.9. The van der Waals surface area contributed by atoms with Gasteiger partial charge in [0, 0.05) is 13.1 Å².